The van der Waals surface area contributed by atoms with E-state index in [1.165, 1.54) is 6.92 Å². The van der Waals surface area contributed by atoms with Gasteiger partial charge in [0.2, 0.25) is 11.9 Å². The molecular weight excluding hydrogens is 472 g/mol. The first-order valence-electron chi connectivity index (χ1n) is 12.6. The molecule has 0 saturated carbocycles. The maximum atomic E-state index is 13.5. The fraction of sp³-hybridized carbons (Fsp3) is 0.423. The van der Waals surface area contributed by atoms with Gasteiger partial charge in [0, 0.05) is 57.4 Å². The first kappa shape index (κ1) is 26.1. The maximum absolute atomic E-state index is 13.5. The molecule has 11 nitrogen and oxygen atoms in total. The Labute approximate surface area is 215 Å². The first-order chi connectivity index (χ1) is 17.9. The third kappa shape index (κ3) is 6.42. The van der Waals surface area contributed by atoms with E-state index < -0.39 is 0 Å². The van der Waals surface area contributed by atoms with E-state index in [4.69, 9.17) is 5.73 Å². The molecule has 11 heteroatoms. The molecule has 0 aliphatic carbocycles. The monoisotopic (exact) mass is 506 g/mol. The molecule has 2 amide bonds. The van der Waals surface area contributed by atoms with Crippen molar-refractivity contribution < 1.29 is 9.59 Å². The number of rotatable bonds is 9. The van der Waals surface area contributed by atoms with Gasteiger partial charge < -0.3 is 31.2 Å². The van der Waals surface area contributed by atoms with E-state index >= 15 is 0 Å². The van der Waals surface area contributed by atoms with Crippen LogP contribution in [0.15, 0.2) is 41.3 Å². The standard InChI is InChI=1S/C26H34N8O3/c1-3-4-20(15-29-17(2)35)30-23-22-21(31-26(27)32-23)9-12-34(25(22)37)16-18-5-7-19(8-6-18)24(36)33-13-10-28-11-14-33/h5-9,12,20,28H,3-4,10-11,13-16H2,1-2H3,(H,29,35)(H3,27,30,31,32). The number of amides is 2. The normalized spacial score (nSPS) is 14.4. The summed E-state index contributed by atoms with van der Waals surface area (Å²) < 4.78 is 1.59. The van der Waals surface area contributed by atoms with Crippen LogP contribution in [0.25, 0.3) is 10.9 Å². The van der Waals surface area contributed by atoms with Crippen molar-refractivity contribution in [3.05, 3.63) is 58.0 Å². The SMILES string of the molecule is CCCC(CNC(C)=O)Nc1nc(N)nc2ccn(Cc3ccc(C(=O)N4CCNCC4)cc3)c(=O)c12. The number of benzene rings is 1. The Morgan fingerprint density at radius 3 is 2.54 bits per heavy atom. The summed E-state index contributed by atoms with van der Waals surface area (Å²) in [5, 5.41) is 9.70. The van der Waals surface area contributed by atoms with Crippen LogP contribution in [0, 0.1) is 0 Å². The molecular formula is C26H34N8O3. The van der Waals surface area contributed by atoms with E-state index in [1.54, 1.807) is 29.0 Å². The van der Waals surface area contributed by atoms with Crippen molar-refractivity contribution in [3.8, 4) is 0 Å². The zero-order chi connectivity index (χ0) is 26.4. The first-order valence-corrected chi connectivity index (χ1v) is 12.6. The topological polar surface area (TPSA) is 147 Å². The van der Waals surface area contributed by atoms with Gasteiger partial charge >= 0.3 is 0 Å². The summed E-state index contributed by atoms with van der Waals surface area (Å²) in [5.41, 5.74) is 7.64. The van der Waals surface area contributed by atoms with Crippen LogP contribution in [0.5, 0.6) is 0 Å². The van der Waals surface area contributed by atoms with E-state index in [1.807, 2.05) is 24.0 Å². The van der Waals surface area contributed by atoms with Crippen molar-refractivity contribution in [2.24, 2.45) is 0 Å². The molecule has 1 saturated heterocycles. The molecule has 1 aromatic carbocycles. The highest BCUT2D eigenvalue weighted by atomic mass is 16.2. The van der Waals surface area contributed by atoms with Crippen LogP contribution >= 0.6 is 0 Å². The zero-order valence-electron chi connectivity index (χ0n) is 21.3. The van der Waals surface area contributed by atoms with Crippen LogP contribution in [0.4, 0.5) is 11.8 Å². The van der Waals surface area contributed by atoms with Gasteiger partial charge in [0.15, 0.2) is 0 Å². The molecule has 0 bridgehead atoms. The Bertz CT molecular complexity index is 1320. The van der Waals surface area contributed by atoms with Gasteiger partial charge in [0.05, 0.1) is 12.1 Å². The third-order valence-corrected chi connectivity index (χ3v) is 6.37. The average Bonchev–Trinajstić information content (AvgIpc) is 2.89. The molecule has 4 rings (SSSR count). The molecule has 37 heavy (non-hydrogen) atoms. The Morgan fingerprint density at radius 2 is 1.86 bits per heavy atom. The van der Waals surface area contributed by atoms with E-state index in [0.717, 1.165) is 31.5 Å². The van der Waals surface area contributed by atoms with Gasteiger partial charge in [-0.1, -0.05) is 25.5 Å². The highest BCUT2D eigenvalue weighted by molar-refractivity contribution is 5.94. The molecule has 1 aliphatic rings. The van der Waals surface area contributed by atoms with Crippen molar-refractivity contribution in [1.82, 2.24) is 30.1 Å². The number of anilines is 2. The van der Waals surface area contributed by atoms with Crippen LogP contribution < -0.4 is 27.2 Å². The second-order valence-electron chi connectivity index (χ2n) is 9.25. The zero-order valence-corrected chi connectivity index (χ0v) is 21.3. The molecule has 196 valence electrons. The molecule has 1 fully saturated rings. The van der Waals surface area contributed by atoms with E-state index in [0.29, 0.717) is 48.5 Å². The van der Waals surface area contributed by atoms with Gasteiger partial charge in [-0.3, -0.25) is 14.4 Å². The number of nitrogens with zero attached hydrogens (tertiary/aromatic N) is 4. The highest BCUT2D eigenvalue weighted by Gasteiger charge is 2.19. The van der Waals surface area contributed by atoms with Crippen LogP contribution in [0.3, 0.4) is 0 Å². The number of hydrogen-bond donors (Lipinski definition) is 4. The van der Waals surface area contributed by atoms with Gasteiger partial charge in [-0.15, -0.1) is 0 Å². The Hall–Kier alpha value is -3.99. The van der Waals surface area contributed by atoms with E-state index in [-0.39, 0.29) is 29.4 Å². The largest absolute Gasteiger partial charge is 0.368 e. The minimum absolute atomic E-state index is 0.0160. The molecule has 3 heterocycles. The number of nitrogen functional groups attached to an aromatic ring is 1. The molecule has 1 aliphatic heterocycles. The predicted octanol–water partition coefficient (Wildman–Crippen LogP) is 1.18. The summed E-state index contributed by atoms with van der Waals surface area (Å²) in [6.07, 6.45) is 3.33. The van der Waals surface area contributed by atoms with E-state index in [2.05, 4.69) is 25.9 Å². The lowest BCUT2D eigenvalue weighted by Crippen LogP contribution is -2.46. The number of piperazine rings is 1. The number of hydrogen-bond acceptors (Lipinski definition) is 8. The number of aromatic nitrogens is 3. The fourth-order valence-electron chi connectivity index (χ4n) is 4.46. The number of nitrogens with one attached hydrogen (secondary N) is 3. The summed E-state index contributed by atoms with van der Waals surface area (Å²) in [5.74, 6) is 0.300. The van der Waals surface area contributed by atoms with Crippen LogP contribution in [0.1, 0.15) is 42.6 Å². The summed E-state index contributed by atoms with van der Waals surface area (Å²) in [7, 11) is 0. The van der Waals surface area contributed by atoms with Crippen molar-refractivity contribution in [2.45, 2.75) is 39.3 Å². The molecule has 3 aromatic rings. The number of carbonyl (C=O) groups excluding carboxylic acids is 2. The third-order valence-electron chi connectivity index (χ3n) is 6.37. The Morgan fingerprint density at radius 1 is 1.14 bits per heavy atom. The maximum Gasteiger partial charge on any atom is 0.264 e. The Balaban J connectivity index is 1.58. The predicted molar refractivity (Wildman–Crippen MR) is 144 cm³/mol. The van der Waals surface area contributed by atoms with Gasteiger partial charge in [0.1, 0.15) is 11.2 Å². The lowest BCUT2D eigenvalue weighted by Gasteiger charge is -2.27. The fourth-order valence-corrected chi connectivity index (χ4v) is 4.46. The number of carbonyl (C=O) groups is 2. The van der Waals surface area contributed by atoms with Gasteiger partial charge in [-0.25, -0.2) is 4.98 Å². The lowest BCUT2D eigenvalue weighted by molar-refractivity contribution is -0.119. The minimum atomic E-state index is -0.254. The molecule has 0 spiro atoms. The summed E-state index contributed by atoms with van der Waals surface area (Å²) >= 11 is 0. The van der Waals surface area contributed by atoms with Crippen LogP contribution in [0.2, 0.25) is 0 Å². The lowest BCUT2D eigenvalue weighted by atomic mass is 10.1. The van der Waals surface area contributed by atoms with Crippen molar-refractivity contribution in [3.63, 3.8) is 0 Å². The van der Waals surface area contributed by atoms with Crippen molar-refractivity contribution in [1.29, 1.82) is 0 Å². The quantitative estimate of drug-likeness (QED) is 0.338. The average molecular weight is 507 g/mol. The van der Waals surface area contributed by atoms with Gasteiger partial charge in [-0.05, 0) is 30.2 Å². The number of pyridine rings is 1. The summed E-state index contributed by atoms with van der Waals surface area (Å²) in [6, 6.07) is 8.97. The summed E-state index contributed by atoms with van der Waals surface area (Å²) in [6.45, 7) is 7.22. The number of fused-ring (bicyclic) bond motifs is 1. The molecule has 1 atom stereocenters. The van der Waals surface area contributed by atoms with Crippen molar-refractivity contribution in [2.75, 3.05) is 43.8 Å². The second kappa shape index (κ2) is 11.8. The highest BCUT2D eigenvalue weighted by Crippen LogP contribution is 2.20. The Kier molecular flexibility index (Phi) is 8.34. The molecule has 0 radical (unpaired) electrons. The van der Waals surface area contributed by atoms with Gasteiger partial charge in [0.25, 0.3) is 11.5 Å². The minimum Gasteiger partial charge on any atom is -0.368 e. The van der Waals surface area contributed by atoms with Crippen molar-refractivity contribution >= 4 is 34.5 Å². The molecule has 1 unspecified atom stereocenters. The number of nitrogens with two attached hydrogens (primary N) is 1. The molecule has 2 aromatic heterocycles. The van der Waals surface area contributed by atoms with Gasteiger partial charge in [-0.2, -0.15) is 4.98 Å². The van der Waals surface area contributed by atoms with Crippen LogP contribution in [-0.2, 0) is 11.3 Å². The van der Waals surface area contributed by atoms with Crippen LogP contribution in [-0.4, -0.2) is 70.0 Å². The summed E-state index contributed by atoms with van der Waals surface area (Å²) in [4.78, 5) is 48.1. The second-order valence-corrected chi connectivity index (χ2v) is 9.25. The smallest absolute Gasteiger partial charge is 0.264 e. The van der Waals surface area contributed by atoms with E-state index in [9.17, 15) is 14.4 Å². The molecule has 5 N–H and O–H groups in total.